The first-order chi connectivity index (χ1) is 8.20. The molecule has 0 saturated carbocycles. The summed E-state index contributed by atoms with van der Waals surface area (Å²) in [6, 6.07) is 7.52. The van der Waals surface area contributed by atoms with Crippen molar-refractivity contribution in [1.82, 2.24) is 0 Å². The maximum atomic E-state index is 10.8. The van der Waals surface area contributed by atoms with Gasteiger partial charge >= 0.3 is 5.97 Å². The quantitative estimate of drug-likeness (QED) is 0.827. The lowest BCUT2D eigenvalue weighted by Gasteiger charge is -2.37. The molecule has 5 heteroatoms. The third kappa shape index (κ3) is 2.68. The second-order valence-corrected chi connectivity index (χ2v) is 3.91. The number of hydrogen-bond donors (Lipinski definition) is 1. The Bertz CT molecular complexity index is 386. The van der Waals surface area contributed by atoms with Crippen LogP contribution in [0, 0.1) is 0 Å². The first-order valence-corrected chi connectivity index (χ1v) is 5.41. The zero-order valence-electron chi connectivity index (χ0n) is 9.63. The Hall–Kier alpha value is -1.75. The summed E-state index contributed by atoms with van der Waals surface area (Å²) < 4.78 is 10.2. The van der Waals surface area contributed by atoms with E-state index in [2.05, 4.69) is 0 Å². The van der Waals surface area contributed by atoms with Gasteiger partial charge in [0, 0.05) is 5.69 Å². The summed E-state index contributed by atoms with van der Waals surface area (Å²) in [6.45, 7) is 1.15. The highest BCUT2D eigenvalue weighted by Gasteiger charge is 2.27. The summed E-state index contributed by atoms with van der Waals surface area (Å²) >= 11 is 0. The SMILES string of the molecule is COc1ccc(N(CC(=O)O)C2COC2)cc1. The minimum absolute atomic E-state index is 0.0135. The van der Waals surface area contributed by atoms with Gasteiger partial charge in [0.25, 0.3) is 0 Å². The van der Waals surface area contributed by atoms with Crippen LogP contribution in [0.2, 0.25) is 0 Å². The Morgan fingerprint density at radius 3 is 2.53 bits per heavy atom. The summed E-state index contributed by atoms with van der Waals surface area (Å²) in [5.74, 6) is -0.0818. The van der Waals surface area contributed by atoms with Gasteiger partial charge in [0.05, 0.1) is 26.4 Å². The molecule has 1 heterocycles. The molecule has 2 rings (SSSR count). The normalized spacial score (nSPS) is 15.1. The molecule has 1 aliphatic rings. The molecule has 1 aromatic carbocycles. The van der Waals surface area contributed by atoms with E-state index in [0.717, 1.165) is 11.4 Å². The van der Waals surface area contributed by atoms with E-state index in [1.54, 1.807) is 7.11 Å². The Labute approximate surface area is 99.6 Å². The van der Waals surface area contributed by atoms with Gasteiger partial charge in [-0.15, -0.1) is 0 Å². The standard InChI is InChI=1S/C12H15NO4/c1-16-11-4-2-9(3-5-11)13(6-12(14)15)10-7-17-8-10/h2-5,10H,6-8H2,1H3,(H,14,15). The number of methoxy groups -OCH3 is 1. The van der Waals surface area contributed by atoms with E-state index in [-0.39, 0.29) is 12.6 Å². The molecule has 1 saturated heterocycles. The summed E-state index contributed by atoms with van der Waals surface area (Å²) in [4.78, 5) is 12.7. The van der Waals surface area contributed by atoms with Crippen molar-refractivity contribution in [2.45, 2.75) is 6.04 Å². The fourth-order valence-corrected chi connectivity index (χ4v) is 1.75. The molecule has 17 heavy (non-hydrogen) atoms. The molecule has 0 aliphatic carbocycles. The number of rotatable bonds is 5. The number of ether oxygens (including phenoxy) is 2. The van der Waals surface area contributed by atoms with Crippen LogP contribution in [0.25, 0.3) is 0 Å². The Balaban J connectivity index is 2.15. The summed E-state index contributed by atoms with van der Waals surface area (Å²) in [7, 11) is 1.60. The highest BCUT2D eigenvalue weighted by atomic mass is 16.5. The van der Waals surface area contributed by atoms with E-state index in [9.17, 15) is 4.79 Å². The van der Waals surface area contributed by atoms with Gasteiger partial charge in [-0.2, -0.15) is 0 Å². The van der Waals surface area contributed by atoms with Gasteiger partial charge in [0.15, 0.2) is 0 Å². The van der Waals surface area contributed by atoms with Crippen LogP contribution in [0.5, 0.6) is 5.75 Å². The maximum absolute atomic E-state index is 10.8. The van der Waals surface area contributed by atoms with E-state index in [0.29, 0.717) is 13.2 Å². The van der Waals surface area contributed by atoms with Crippen molar-refractivity contribution in [2.75, 3.05) is 31.8 Å². The van der Waals surface area contributed by atoms with Crippen molar-refractivity contribution in [3.63, 3.8) is 0 Å². The number of carbonyl (C=O) groups is 1. The number of anilines is 1. The zero-order valence-corrected chi connectivity index (χ0v) is 9.63. The molecule has 0 bridgehead atoms. The van der Waals surface area contributed by atoms with Crippen LogP contribution >= 0.6 is 0 Å². The van der Waals surface area contributed by atoms with E-state index in [4.69, 9.17) is 14.6 Å². The predicted octanol–water partition coefficient (Wildman–Crippen LogP) is 0.985. The average molecular weight is 237 g/mol. The molecule has 92 valence electrons. The fraction of sp³-hybridized carbons (Fsp3) is 0.417. The van der Waals surface area contributed by atoms with Gasteiger partial charge in [-0.3, -0.25) is 4.79 Å². The van der Waals surface area contributed by atoms with Crippen LogP contribution in [-0.4, -0.2) is 44.0 Å². The van der Waals surface area contributed by atoms with Crippen molar-refractivity contribution in [3.8, 4) is 5.75 Å². The smallest absolute Gasteiger partial charge is 0.323 e. The highest BCUT2D eigenvalue weighted by molar-refractivity contribution is 5.74. The molecular formula is C12H15NO4. The zero-order chi connectivity index (χ0) is 12.3. The molecule has 0 spiro atoms. The van der Waals surface area contributed by atoms with Crippen molar-refractivity contribution >= 4 is 11.7 Å². The van der Waals surface area contributed by atoms with Crippen molar-refractivity contribution in [2.24, 2.45) is 0 Å². The summed E-state index contributed by atoms with van der Waals surface area (Å²) in [5.41, 5.74) is 0.876. The van der Waals surface area contributed by atoms with Crippen LogP contribution in [0.3, 0.4) is 0 Å². The molecule has 0 amide bonds. The van der Waals surface area contributed by atoms with E-state index < -0.39 is 5.97 Å². The number of carboxylic acids is 1. The number of hydrogen-bond acceptors (Lipinski definition) is 4. The first-order valence-electron chi connectivity index (χ1n) is 5.41. The number of benzene rings is 1. The molecule has 1 aliphatic heterocycles. The third-order valence-electron chi connectivity index (χ3n) is 2.77. The maximum Gasteiger partial charge on any atom is 0.323 e. The lowest BCUT2D eigenvalue weighted by atomic mass is 10.1. The van der Waals surface area contributed by atoms with Gasteiger partial charge in [-0.1, -0.05) is 0 Å². The van der Waals surface area contributed by atoms with Crippen LogP contribution < -0.4 is 9.64 Å². The second-order valence-electron chi connectivity index (χ2n) is 3.91. The molecule has 1 N–H and O–H groups in total. The van der Waals surface area contributed by atoms with Gasteiger partial charge in [-0.25, -0.2) is 0 Å². The molecule has 0 aromatic heterocycles. The van der Waals surface area contributed by atoms with Crippen LogP contribution in [-0.2, 0) is 9.53 Å². The Kier molecular flexibility index (Phi) is 3.49. The molecule has 1 aromatic rings. The number of nitrogens with zero attached hydrogens (tertiary/aromatic N) is 1. The highest BCUT2D eigenvalue weighted by Crippen LogP contribution is 2.23. The minimum Gasteiger partial charge on any atom is -0.497 e. The van der Waals surface area contributed by atoms with E-state index >= 15 is 0 Å². The van der Waals surface area contributed by atoms with Crippen molar-refractivity contribution in [3.05, 3.63) is 24.3 Å². The number of carboxylic acid groups (broad SMARTS) is 1. The van der Waals surface area contributed by atoms with Gasteiger partial charge in [0.2, 0.25) is 0 Å². The Morgan fingerprint density at radius 1 is 1.47 bits per heavy atom. The van der Waals surface area contributed by atoms with Crippen LogP contribution in [0.4, 0.5) is 5.69 Å². The van der Waals surface area contributed by atoms with Gasteiger partial charge in [-0.05, 0) is 24.3 Å². The minimum atomic E-state index is -0.840. The predicted molar refractivity (Wildman–Crippen MR) is 62.6 cm³/mol. The molecular weight excluding hydrogens is 222 g/mol. The van der Waals surface area contributed by atoms with Crippen molar-refractivity contribution in [1.29, 1.82) is 0 Å². The van der Waals surface area contributed by atoms with E-state index in [1.165, 1.54) is 0 Å². The van der Waals surface area contributed by atoms with E-state index in [1.807, 2.05) is 29.2 Å². The average Bonchev–Trinajstić information content (AvgIpc) is 2.25. The first kappa shape index (κ1) is 11.7. The molecule has 0 atom stereocenters. The monoisotopic (exact) mass is 237 g/mol. The van der Waals surface area contributed by atoms with Crippen LogP contribution in [0.1, 0.15) is 0 Å². The molecule has 0 radical (unpaired) electrons. The molecule has 1 fully saturated rings. The largest absolute Gasteiger partial charge is 0.497 e. The number of aliphatic carboxylic acids is 1. The Morgan fingerprint density at radius 2 is 2.12 bits per heavy atom. The molecule has 5 nitrogen and oxygen atoms in total. The summed E-state index contributed by atoms with van der Waals surface area (Å²) in [6.07, 6.45) is 0. The van der Waals surface area contributed by atoms with Crippen LogP contribution in [0.15, 0.2) is 24.3 Å². The topological polar surface area (TPSA) is 59.0 Å². The van der Waals surface area contributed by atoms with Gasteiger partial charge < -0.3 is 19.5 Å². The second kappa shape index (κ2) is 5.05. The molecule has 0 unspecified atom stereocenters. The third-order valence-corrected chi connectivity index (χ3v) is 2.77. The lowest BCUT2D eigenvalue weighted by molar-refractivity contribution is -0.135. The summed E-state index contributed by atoms with van der Waals surface area (Å²) in [5, 5.41) is 8.91. The van der Waals surface area contributed by atoms with Gasteiger partial charge in [0.1, 0.15) is 12.3 Å². The van der Waals surface area contributed by atoms with Crippen molar-refractivity contribution < 1.29 is 19.4 Å². The fourth-order valence-electron chi connectivity index (χ4n) is 1.75. The lowest BCUT2D eigenvalue weighted by Crippen LogP contribution is -2.51.